The zero-order valence-electron chi connectivity index (χ0n) is 13.2. The Kier molecular flexibility index (Phi) is 6.00. The van der Waals surface area contributed by atoms with Gasteiger partial charge < -0.3 is 5.11 Å². The molecule has 0 heterocycles. The Hall–Kier alpha value is -0.430. The molecule has 0 bridgehead atoms. The van der Waals surface area contributed by atoms with E-state index in [2.05, 4.69) is 34.5 Å². The van der Waals surface area contributed by atoms with Gasteiger partial charge in [-0.3, -0.25) is 0 Å². The van der Waals surface area contributed by atoms with Gasteiger partial charge in [-0.1, -0.05) is 33.8 Å². The summed E-state index contributed by atoms with van der Waals surface area (Å²) < 4.78 is 28.3. The number of sulfonamides is 1. The number of aliphatic hydroxyl groups excluding tert-OH is 1. The summed E-state index contributed by atoms with van der Waals surface area (Å²) in [5.74, 6) is 0.356. The Morgan fingerprint density at radius 2 is 1.90 bits per heavy atom. The normalized spacial score (nSPS) is 13.0. The first-order chi connectivity index (χ1) is 9.51. The van der Waals surface area contributed by atoms with E-state index in [0.717, 1.165) is 5.56 Å². The van der Waals surface area contributed by atoms with E-state index in [9.17, 15) is 13.5 Å². The van der Waals surface area contributed by atoms with Gasteiger partial charge in [-0.15, -0.1) is 0 Å². The summed E-state index contributed by atoms with van der Waals surface area (Å²) in [5.41, 5.74) is 1.23. The van der Waals surface area contributed by atoms with Gasteiger partial charge in [-0.2, -0.15) is 0 Å². The lowest BCUT2D eigenvalue weighted by Gasteiger charge is -2.29. The van der Waals surface area contributed by atoms with Crippen molar-refractivity contribution in [2.24, 2.45) is 11.3 Å². The largest absolute Gasteiger partial charge is 0.392 e. The van der Waals surface area contributed by atoms with Crippen LogP contribution < -0.4 is 4.72 Å². The minimum atomic E-state index is -3.62. The van der Waals surface area contributed by atoms with Crippen molar-refractivity contribution in [3.05, 3.63) is 27.7 Å². The highest BCUT2D eigenvalue weighted by atomic mass is 79.9. The first-order valence-corrected chi connectivity index (χ1v) is 9.18. The number of benzene rings is 1. The molecule has 0 aliphatic heterocycles. The van der Waals surface area contributed by atoms with Gasteiger partial charge in [-0.05, 0) is 51.4 Å². The van der Waals surface area contributed by atoms with Crippen LogP contribution in [0.25, 0.3) is 0 Å². The standard InChI is InChI=1S/C15H24BrNO3S/c1-10(2)15(4,5)9-17-21(19,20)13-7-12(8-18)6-11(3)14(13)16/h6-7,10,17-18H,8-9H2,1-5H3. The van der Waals surface area contributed by atoms with Gasteiger partial charge in [0, 0.05) is 11.0 Å². The summed E-state index contributed by atoms with van der Waals surface area (Å²) >= 11 is 3.33. The number of aryl methyl sites for hydroxylation is 1. The molecule has 0 unspecified atom stereocenters. The first kappa shape index (κ1) is 18.6. The predicted molar refractivity (Wildman–Crippen MR) is 88.6 cm³/mol. The maximum Gasteiger partial charge on any atom is 0.241 e. The monoisotopic (exact) mass is 377 g/mol. The lowest BCUT2D eigenvalue weighted by atomic mass is 9.81. The molecule has 0 aliphatic carbocycles. The molecule has 6 heteroatoms. The highest BCUT2D eigenvalue weighted by Crippen LogP contribution is 2.29. The fraction of sp³-hybridized carbons (Fsp3) is 0.600. The van der Waals surface area contributed by atoms with Crippen molar-refractivity contribution in [2.45, 2.75) is 46.1 Å². The summed E-state index contributed by atoms with van der Waals surface area (Å²) in [5, 5.41) is 9.24. The molecule has 0 fully saturated rings. The number of hydrogen-bond acceptors (Lipinski definition) is 3. The van der Waals surface area contributed by atoms with Gasteiger partial charge >= 0.3 is 0 Å². The summed E-state index contributed by atoms with van der Waals surface area (Å²) in [4.78, 5) is 0.172. The third kappa shape index (κ3) is 4.52. The number of halogens is 1. The second kappa shape index (κ2) is 6.77. The van der Waals surface area contributed by atoms with Crippen molar-refractivity contribution in [1.29, 1.82) is 0 Å². The van der Waals surface area contributed by atoms with E-state index in [-0.39, 0.29) is 16.9 Å². The van der Waals surface area contributed by atoms with Crippen LogP contribution in [0.15, 0.2) is 21.5 Å². The minimum Gasteiger partial charge on any atom is -0.392 e. The molecule has 0 saturated heterocycles. The van der Waals surface area contributed by atoms with Crippen LogP contribution in [-0.2, 0) is 16.6 Å². The third-order valence-corrected chi connectivity index (χ3v) is 6.77. The molecule has 120 valence electrons. The Labute approximate surface area is 136 Å². The number of aliphatic hydroxyl groups is 1. The van der Waals surface area contributed by atoms with Crippen molar-refractivity contribution >= 4 is 26.0 Å². The molecule has 0 radical (unpaired) electrons. The van der Waals surface area contributed by atoms with E-state index in [1.165, 1.54) is 6.07 Å². The van der Waals surface area contributed by atoms with Crippen LogP contribution in [0.1, 0.15) is 38.8 Å². The molecular weight excluding hydrogens is 354 g/mol. The Morgan fingerprint density at radius 3 is 2.38 bits per heavy atom. The molecule has 0 saturated carbocycles. The van der Waals surface area contributed by atoms with Crippen LogP contribution in [0.5, 0.6) is 0 Å². The van der Waals surface area contributed by atoms with Gasteiger partial charge in [-0.25, -0.2) is 13.1 Å². The topological polar surface area (TPSA) is 66.4 Å². The zero-order valence-corrected chi connectivity index (χ0v) is 15.6. The first-order valence-electron chi connectivity index (χ1n) is 6.91. The van der Waals surface area contributed by atoms with Crippen molar-refractivity contribution in [1.82, 2.24) is 4.72 Å². The van der Waals surface area contributed by atoms with E-state index in [4.69, 9.17) is 0 Å². The molecule has 1 rings (SSSR count). The second-order valence-corrected chi connectivity index (χ2v) is 8.88. The summed E-state index contributed by atoms with van der Waals surface area (Å²) in [7, 11) is -3.62. The van der Waals surface area contributed by atoms with Gasteiger partial charge in [0.1, 0.15) is 0 Å². The van der Waals surface area contributed by atoms with Crippen LogP contribution in [0.4, 0.5) is 0 Å². The lowest BCUT2D eigenvalue weighted by Crippen LogP contribution is -2.37. The van der Waals surface area contributed by atoms with Crippen molar-refractivity contribution in [3.63, 3.8) is 0 Å². The van der Waals surface area contributed by atoms with E-state index < -0.39 is 10.0 Å². The quantitative estimate of drug-likeness (QED) is 0.799. The molecule has 0 spiro atoms. The third-order valence-electron chi connectivity index (χ3n) is 4.03. The second-order valence-electron chi connectivity index (χ2n) is 6.35. The molecule has 0 aliphatic rings. The number of hydrogen-bond donors (Lipinski definition) is 2. The Morgan fingerprint density at radius 1 is 1.33 bits per heavy atom. The highest BCUT2D eigenvalue weighted by molar-refractivity contribution is 9.10. The van der Waals surface area contributed by atoms with Crippen LogP contribution in [0.3, 0.4) is 0 Å². The van der Waals surface area contributed by atoms with E-state index >= 15 is 0 Å². The molecule has 21 heavy (non-hydrogen) atoms. The fourth-order valence-corrected chi connectivity index (χ4v) is 3.95. The summed E-state index contributed by atoms with van der Waals surface area (Å²) in [6, 6.07) is 3.27. The average molecular weight is 378 g/mol. The molecule has 4 nitrogen and oxygen atoms in total. The number of rotatable bonds is 6. The summed E-state index contributed by atoms with van der Waals surface area (Å²) in [6.45, 7) is 10.2. The van der Waals surface area contributed by atoms with Crippen molar-refractivity contribution in [3.8, 4) is 0 Å². The van der Waals surface area contributed by atoms with Crippen molar-refractivity contribution < 1.29 is 13.5 Å². The molecule has 0 aromatic heterocycles. The van der Waals surface area contributed by atoms with E-state index in [1.54, 1.807) is 13.0 Å². The van der Waals surface area contributed by atoms with E-state index in [1.807, 2.05) is 13.8 Å². The Bertz CT molecular complexity index is 610. The van der Waals surface area contributed by atoms with Crippen LogP contribution in [0, 0.1) is 18.3 Å². The molecular formula is C15H24BrNO3S. The lowest BCUT2D eigenvalue weighted by molar-refractivity contribution is 0.252. The van der Waals surface area contributed by atoms with Crippen LogP contribution in [0.2, 0.25) is 0 Å². The van der Waals surface area contributed by atoms with Gasteiger partial charge in [0.2, 0.25) is 10.0 Å². The summed E-state index contributed by atoms with van der Waals surface area (Å²) in [6.07, 6.45) is 0. The van der Waals surface area contributed by atoms with Gasteiger partial charge in [0.25, 0.3) is 0 Å². The maximum absolute atomic E-state index is 12.5. The predicted octanol–water partition coefficient (Wildman–Crippen LogP) is 3.21. The zero-order chi connectivity index (χ0) is 16.4. The smallest absolute Gasteiger partial charge is 0.241 e. The van der Waals surface area contributed by atoms with Crippen LogP contribution in [-0.4, -0.2) is 20.1 Å². The van der Waals surface area contributed by atoms with Gasteiger partial charge in [0.15, 0.2) is 0 Å². The number of nitrogens with one attached hydrogen (secondary N) is 1. The van der Waals surface area contributed by atoms with Crippen LogP contribution >= 0.6 is 15.9 Å². The van der Waals surface area contributed by atoms with E-state index in [0.29, 0.717) is 22.5 Å². The SMILES string of the molecule is Cc1cc(CO)cc(S(=O)(=O)NCC(C)(C)C(C)C)c1Br. The fourth-order valence-electron chi connectivity index (χ4n) is 1.66. The molecule has 0 atom stereocenters. The molecule has 2 N–H and O–H groups in total. The highest BCUT2D eigenvalue weighted by Gasteiger charge is 2.27. The van der Waals surface area contributed by atoms with Gasteiger partial charge in [0.05, 0.1) is 11.5 Å². The minimum absolute atomic E-state index is 0.136. The maximum atomic E-state index is 12.5. The molecule has 1 aromatic carbocycles. The molecule has 1 aromatic rings. The average Bonchev–Trinajstić information content (AvgIpc) is 2.39. The van der Waals surface area contributed by atoms with Crippen molar-refractivity contribution in [2.75, 3.05) is 6.54 Å². The molecule has 0 amide bonds. The Balaban J connectivity index is 3.12.